The molecule has 0 bridgehead atoms. The van der Waals surface area contributed by atoms with Gasteiger partial charge in [-0.2, -0.15) is 5.10 Å². The summed E-state index contributed by atoms with van der Waals surface area (Å²) in [4.78, 5) is 26.8. The quantitative estimate of drug-likeness (QED) is 0.548. The van der Waals surface area contributed by atoms with Crippen LogP contribution < -0.4 is 15.5 Å². The van der Waals surface area contributed by atoms with E-state index in [1.54, 1.807) is 0 Å². The van der Waals surface area contributed by atoms with E-state index in [4.69, 9.17) is 14.7 Å². The number of amides is 2. The second kappa shape index (κ2) is 10.6. The first-order valence-corrected chi connectivity index (χ1v) is 12.6. The van der Waals surface area contributed by atoms with Crippen molar-refractivity contribution in [2.45, 2.75) is 39.4 Å². The van der Waals surface area contributed by atoms with Gasteiger partial charge in [0.15, 0.2) is 5.82 Å². The Kier molecular flexibility index (Phi) is 7.15. The van der Waals surface area contributed by atoms with Gasteiger partial charge in [0, 0.05) is 62.8 Å². The molecule has 2 N–H and O–H groups in total. The van der Waals surface area contributed by atoms with Crippen LogP contribution in [0.25, 0.3) is 11.4 Å². The molecule has 1 fully saturated rings. The number of ether oxygens (including phenoxy) is 1. The maximum Gasteiger partial charge on any atom is 0.319 e. The van der Waals surface area contributed by atoms with E-state index in [-0.39, 0.29) is 12.1 Å². The molecule has 0 unspecified atom stereocenters. The van der Waals surface area contributed by atoms with Crippen molar-refractivity contribution in [2.75, 3.05) is 43.1 Å². The van der Waals surface area contributed by atoms with Gasteiger partial charge in [-0.3, -0.25) is 9.58 Å². The molecule has 0 spiro atoms. The number of morpholine rings is 1. The van der Waals surface area contributed by atoms with Crippen LogP contribution in [-0.2, 0) is 31.3 Å². The number of nitrogens with one attached hydrogen (secondary N) is 2. The average Bonchev–Trinajstić information content (AvgIpc) is 3.28. The SMILES string of the molecule is CCNC(=O)Nc1ccc(-c2nc3c(c(N4CCOC[C@@H]4C)n2)CCN(Cc2ccnn2C)C3)cc1. The number of hydrogen-bond acceptors (Lipinski definition) is 7. The zero-order valence-corrected chi connectivity index (χ0v) is 21.2. The van der Waals surface area contributed by atoms with Gasteiger partial charge in [-0.25, -0.2) is 14.8 Å². The largest absolute Gasteiger partial charge is 0.377 e. The molecule has 2 aliphatic rings. The maximum absolute atomic E-state index is 11.9. The Balaban J connectivity index is 1.46. The van der Waals surface area contributed by atoms with Gasteiger partial charge in [0.05, 0.1) is 30.6 Å². The molecule has 1 aromatic carbocycles. The molecule has 0 radical (unpaired) electrons. The zero-order valence-electron chi connectivity index (χ0n) is 21.2. The number of fused-ring (bicyclic) bond motifs is 1. The molecule has 2 amide bonds. The number of carbonyl (C=O) groups is 1. The summed E-state index contributed by atoms with van der Waals surface area (Å²) >= 11 is 0. The topological polar surface area (TPSA) is 100 Å². The van der Waals surface area contributed by atoms with E-state index in [0.717, 1.165) is 55.4 Å². The molecule has 1 atom stereocenters. The van der Waals surface area contributed by atoms with Gasteiger partial charge in [0.1, 0.15) is 5.82 Å². The van der Waals surface area contributed by atoms with E-state index in [1.165, 1.54) is 11.3 Å². The highest BCUT2D eigenvalue weighted by atomic mass is 16.5. The normalized spacial score (nSPS) is 18.1. The lowest BCUT2D eigenvalue weighted by molar-refractivity contribution is 0.0983. The van der Waals surface area contributed by atoms with E-state index >= 15 is 0 Å². The second-order valence-electron chi connectivity index (χ2n) is 9.38. The van der Waals surface area contributed by atoms with Crippen LogP contribution in [0, 0.1) is 0 Å². The van der Waals surface area contributed by atoms with Gasteiger partial charge >= 0.3 is 6.03 Å². The van der Waals surface area contributed by atoms with Crippen LogP contribution in [0.1, 0.15) is 30.8 Å². The van der Waals surface area contributed by atoms with Gasteiger partial charge in [0.25, 0.3) is 0 Å². The number of urea groups is 1. The first-order valence-electron chi connectivity index (χ1n) is 12.6. The molecule has 190 valence electrons. The van der Waals surface area contributed by atoms with Crippen molar-refractivity contribution in [1.82, 2.24) is 30.0 Å². The molecule has 3 aromatic rings. The number of anilines is 2. The van der Waals surface area contributed by atoms with E-state index in [9.17, 15) is 4.79 Å². The highest BCUT2D eigenvalue weighted by Gasteiger charge is 2.29. The molecule has 36 heavy (non-hydrogen) atoms. The maximum atomic E-state index is 11.9. The second-order valence-corrected chi connectivity index (χ2v) is 9.38. The molecule has 5 rings (SSSR count). The number of benzene rings is 1. The Bertz CT molecular complexity index is 1210. The molecule has 2 aliphatic heterocycles. The molecule has 2 aromatic heterocycles. The van der Waals surface area contributed by atoms with E-state index in [2.05, 4.69) is 38.5 Å². The standard InChI is InChI=1S/C26H34N8O2/c1-4-27-26(35)29-20-7-5-19(6-8-20)24-30-23-16-33(15-21-9-11-28-32(21)3)12-10-22(23)25(31-24)34-13-14-36-17-18(34)2/h5-9,11,18H,4,10,12-17H2,1-3H3,(H2,27,29,35)/t18-/m0/s1. The number of aromatic nitrogens is 4. The fourth-order valence-electron chi connectivity index (χ4n) is 4.83. The van der Waals surface area contributed by atoms with Crippen LogP contribution >= 0.6 is 0 Å². The van der Waals surface area contributed by atoms with Gasteiger partial charge < -0.3 is 20.3 Å². The van der Waals surface area contributed by atoms with Gasteiger partial charge in [-0.1, -0.05) is 0 Å². The smallest absolute Gasteiger partial charge is 0.319 e. The summed E-state index contributed by atoms with van der Waals surface area (Å²) in [6.07, 6.45) is 2.75. The van der Waals surface area contributed by atoms with Crippen molar-refractivity contribution in [3.05, 3.63) is 53.5 Å². The number of rotatable bonds is 6. The molecule has 4 heterocycles. The Morgan fingerprint density at radius 1 is 1.17 bits per heavy atom. The van der Waals surface area contributed by atoms with Gasteiger partial charge in [-0.05, 0) is 50.6 Å². The van der Waals surface area contributed by atoms with Crippen LogP contribution in [0.15, 0.2) is 36.5 Å². The molecular formula is C26H34N8O2. The zero-order chi connectivity index (χ0) is 25.1. The molecule has 10 heteroatoms. The van der Waals surface area contributed by atoms with E-state index < -0.39 is 0 Å². The Morgan fingerprint density at radius 3 is 2.72 bits per heavy atom. The van der Waals surface area contributed by atoms with Gasteiger partial charge in [-0.15, -0.1) is 0 Å². The summed E-state index contributed by atoms with van der Waals surface area (Å²) in [5, 5.41) is 9.90. The summed E-state index contributed by atoms with van der Waals surface area (Å²) in [7, 11) is 1.98. The lowest BCUT2D eigenvalue weighted by Crippen LogP contribution is -2.45. The van der Waals surface area contributed by atoms with E-state index in [1.807, 2.05) is 49.1 Å². The van der Waals surface area contributed by atoms with Crippen LogP contribution in [-0.4, -0.2) is 69.6 Å². The number of carbonyl (C=O) groups excluding carboxylic acids is 1. The van der Waals surface area contributed by atoms with Crippen molar-refractivity contribution in [3.8, 4) is 11.4 Å². The number of hydrogen-bond donors (Lipinski definition) is 2. The van der Waals surface area contributed by atoms with Crippen molar-refractivity contribution < 1.29 is 9.53 Å². The van der Waals surface area contributed by atoms with Crippen LogP contribution in [0.5, 0.6) is 0 Å². The fourth-order valence-corrected chi connectivity index (χ4v) is 4.83. The van der Waals surface area contributed by atoms with Crippen molar-refractivity contribution >= 4 is 17.5 Å². The number of nitrogens with zero attached hydrogens (tertiary/aromatic N) is 6. The predicted molar refractivity (Wildman–Crippen MR) is 139 cm³/mol. The van der Waals surface area contributed by atoms with Gasteiger partial charge in [0.2, 0.25) is 0 Å². The highest BCUT2D eigenvalue weighted by Crippen LogP contribution is 2.32. The monoisotopic (exact) mass is 490 g/mol. The summed E-state index contributed by atoms with van der Waals surface area (Å²) in [6.45, 7) is 9.41. The highest BCUT2D eigenvalue weighted by molar-refractivity contribution is 5.89. The first kappa shape index (κ1) is 24.2. The Hall–Kier alpha value is -3.50. The summed E-state index contributed by atoms with van der Waals surface area (Å²) in [5.41, 5.74) is 5.15. The summed E-state index contributed by atoms with van der Waals surface area (Å²) < 4.78 is 7.63. The lowest BCUT2D eigenvalue weighted by atomic mass is 10.0. The third-order valence-corrected chi connectivity index (χ3v) is 6.81. The third-order valence-electron chi connectivity index (χ3n) is 6.81. The van der Waals surface area contributed by atoms with Crippen LogP contribution in [0.2, 0.25) is 0 Å². The molecular weight excluding hydrogens is 456 g/mol. The Labute approximate surface area is 211 Å². The third kappa shape index (κ3) is 5.19. The summed E-state index contributed by atoms with van der Waals surface area (Å²) in [6, 6.07) is 9.81. The number of aryl methyl sites for hydroxylation is 1. The molecule has 10 nitrogen and oxygen atoms in total. The fraction of sp³-hybridized carbons (Fsp3) is 0.462. The predicted octanol–water partition coefficient (Wildman–Crippen LogP) is 2.80. The summed E-state index contributed by atoms with van der Waals surface area (Å²) in [5.74, 6) is 1.73. The minimum Gasteiger partial charge on any atom is -0.377 e. The molecule has 0 aliphatic carbocycles. The van der Waals surface area contributed by atoms with Crippen molar-refractivity contribution in [2.24, 2.45) is 7.05 Å². The molecule has 1 saturated heterocycles. The molecule has 0 saturated carbocycles. The van der Waals surface area contributed by atoms with Crippen molar-refractivity contribution in [3.63, 3.8) is 0 Å². The average molecular weight is 491 g/mol. The van der Waals surface area contributed by atoms with Crippen molar-refractivity contribution in [1.29, 1.82) is 0 Å². The minimum absolute atomic E-state index is 0.215. The lowest BCUT2D eigenvalue weighted by Gasteiger charge is -2.37. The minimum atomic E-state index is -0.215. The van der Waals surface area contributed by atoms with Crippen LogP contribution in [0.4, 0.5) is 16.3 Å². The Morgan fingerprint density at radius 2 is 2.00 bits per heavy atom. The van der Waals surface area contributed by atoms with E-state index in [0.29, 0.717) is 25.6 Å². The first-order chi connectivity index (χ1) is 17.5. The van der Waals surface area contributed by atoms with Crippen LogP contribution in [0.3, 0.4) is 0 Å².